The van der Waals surface area contributed by atoms with E-state index in [1.165, 1.54) is 0 Å². The number of rotatable bonds is 4. The van der Waals surface area contributed by atoms with Crippen LogP contribution >= 0.6 is 0 Å². The van der Waals surface area contributed by atoms with E-state index in [0.717, 1.165) is 16.5 Å². The topological polar surface area (TPSA) is 91.0 Å². The number of aromatic nitrogens is 3. The van der Waals surface area contributed by atoms with Gasteiger partial charge >= 0.3 is 0 Å². The zero-order valence-corrected chi connectivity index (χ0v) is 13.5. The van der Waals surface area contributed by atoms with Crippen LogP contribution in [0.4, 0.5) is 5.82 Å². The van der Waals surface area contributed by atoms with E-state index in [1.807, 2.05) is 36.4 Å². The number of anilines is 1. The highest BCUT2D eigenvalue weighted by atomic mass is 16.2. The zero-order valence-electron chi connectivity index (χ0n) is 13.5. The number of carbonyl (C=O) groups is 2. The van der Waals surface area contributed by atoms with E-state index in [-0.39, 0.29) is 24.2 Å². The van der Waals surface area contributed by atoms with Gasteiger partial charge in [-0.3, -0.25) is 24.6 Å². The van der Waals surface area contributed by atoms with Crippen molar-refractivity contribution in [2.75, 3.05) is 11.4 Å². The third-order valence-electron chi connectivity index (χ3n) is 4.39. The Morgan fingerprint density at radius 1 is 1.28 bits per heavy atom. The number of pyridine rings is 1. The molecule has 1 saturated heterocycles. The molecule has 7 heteroatoms. The molecule has 3 aromatic rings. The predicted octanol–water partition coefficient (Wildman–Crippen LogP) is 1.63. The molecule has 25 heavy (non-hydrogen) atoms. The minimum Gasteiger partial charge on any atom is -0.352 e. The lowest BCUT2D eigenvalue weighted by Gasteiger charge is -2.14. The molecule has 4 rings (SSSR count). The Morgan fingerprint density at radius 2 is 2.16 bits per heavy atom. The van der Waals surface area contributed by atoms with Crippen molar-refractivity contribution in [3.63, 3.8) is 0 Å². The average molecular weight is 335 g/mol. The summed E-state index contributed by atoms with van der Waals surface area (Å²) in [5, 5.41) is 10.9. The highest BCUT2D eigenvalue weighted by Crippen LogP contribution is 2.29. The standard InChI is InChI=1S/C18H17N5O2/c24-16-8-13(18(25)20-10-12-4-3-7-19-9-12)11-23(16)17-14-5-1-2-6-15(14)21-22-17/h1-7,9,13H,8,10-11H2,(H,20,25)(H,21,22)/t13-/m0/s1. The molecule has 0 unspecified atom stereocenters. The minimum atomic E-state index is -0.375. The number of nitrogens with one attached hydrogen (secondary N) is 2. The first-order valence-corrected chi connectivity index (χ1v) is 8.12. The lowest BCUT2D eigenvalue weighted by Crippen LogP contribution is -2.32. The van der Waals surface area contributed by atoms with E-state index in [2.05, 4.69) is 20.5 Å². The van der Waals surface area contributed by atoms with Crippen LogP contribution in [0.3, 0.4) is 0 Å². The molecule has 0 radical (unpaired) electrons. The molecule has 2 amide bonds. The highest BCUT2D eigenvalue weighted by Gasteiger charge is 2.36. The van der Waals surface area contributed by atoms with Crippen LogP contribution in [0.25, 0.3) is 10.9 Å². The molecule has 2 aromatic heterocycles. The number of aromatic amines is 1. The van der Waals surface area contributed by atoms with Gasteiger partial charge < -0.3 is 5.32 Å². The van der Waals surface area contributed by atoms with Gasteiger partial charge in [0.25, 0.3) is 0 Å². The van der Waals surface area contributed by atoms with Crippen LogP contribution in [-0.2, 0) is 16.1 Å². The number of para-hydroxylation sites is 1. The van der Waals surface area contributed by atoms with Crippen molar-refractivity contribution in [2.24, 2.45) is 5.92 Å². The average Bonchev–Trinajstić information content (AvgIpc) is 3.24. The first kappa shape index (κ1) is 15.3. The Balaban J connectivity index is 1.46. The predicted molar refractivity (Wildman–Crippen MR) is 92.6 cm³/mol. The molecule has 2 N–H and O–H groups in total. The molecular weight excluding hydrogens is 318 g/mol. The quantitative estimate of drug-likeness (QED) is 0.758. The zero-order chi connectivity index (χ0) is 17.2. The molecule has 1 aromatic carbocycles. The molecule has 1 aliphatic rings. The number of carbonyl (C=O) groups excluding carboxylic acids is 2. The molecule has 7 nitrogen and oxygen atoms in total. The van der Waals surface area contributed by atoms with Crippen LogP contribution in [0.1, 0.15) is 12.0 Å². The van der Waals surface area contributed by atoms with Crippen molar-refractivity contribution in [3.05, 3.63) is 54.4 Å². The summed E-state index contributed by atoms with van der Waals surface area (Å²) in [7, 11) is 0. The molecule has 1 aliphatic heterocycles. The van der Waals surface area contributed by atoms with Crippen LogP contribution in [0.15, 0.2) is 48.8 Å². The second-order valence-electron chi connectivity index (χ2n) is 6.08. The van der Waals surface area contributed by atoms with Gasteiger partial charge in [0.1, 0.15) is 0 Å². The van der Waals surface area contributed by atoms with Gasteiger partial charge in [-0.25, -0.2) is 0 Å². The van der Waals surface area contributed by atoms with Crippen molar-refractivity contribution < 1.29 is 9.59 Å². The van der Waals surface area contributed by atoms with Crippen molar-refractivity contribution in [1.29, 1.82) is 0 Å². The number of nitrogens with zero attached hydrogens (tertiary/aromatic N) is 3. The molecule has 0 spiro atoms. The van der Waals surface area contributed by atoms with Gasteiger partial charge in [0.05, 0.1) is 11.4 Å². The van der Waals surface area contributed by atoms with Crippen molar-refractivity contribution in [2.45, 2.75) is 13.0 Å². The first-order valence-electron chi connectivity index (χ1n) is 8.12. The van der Waals surface area contributed by atoms with Gasteiger partial charge in [-0.1, -0.05) is 18.2 Å². The molecule has 0 aliphatic carbocycles. The summed E-state index contributed by atoms with van der Waals surface area (Å²) >= 11 is 0. The van der Waals surface area contributed by atoms with E-state index in [9.17, 15) is 9.59 Å². The van der Waals surface area contributed by atoms with Gasteiger partial charge in [0.15, 0.2) is 5.82 Å². The Morgan fingerprint density at radius 3 is 3.00 bits per heavy atom. The second-order valence-corrected chi connectivity index (χ2v) is 6.08. The summed E-state index contributed by atoms with van der Waals surface area (Å²) in [6.45, 7) is 0.745. The summed E-state index contributed by atoms with van der Waals surface area (Å²) < 4.78 is 0. The van der Waals surface area contributed by atoms with Gasteiger partial charge in [-0.2, -0.15) is 5.10 Å². The summed E-state index contributed by atoms with van der Waals surface area (Å²) in [6, 6.07) is 11.4. The smallest absolute Gasteiger partial charge is 0.229 e. The SMILES string of the molecule is O=C(NCc1cccnc1)[C@H]1CC(=O)N(c2n[nH]c3ccccc23)C1. The van der Waals surface area contributed by atoms with E-state index >= 15 is 0 Å². The molecule has 0 saturated carbocycles. The normalized spacial score (nSPS) is 17.2. The number of hydrogen-bond donors (Lipinski definition) is 2. The summed E-state index contributed by atoms with van der Waals surface area (Å²) in [4.78, 5) is 30.4. The fourth-order valence-electron chi connectivity index (χ4n) is 3.08. The van der Waals surface area contributed by atoms with E-state index in [0.29, 0.717) is 18.9 Å². The van der Waals surface area contributed by atoms with Gasteiger partial charge in [-0.15, -0.1) is 0 Å². The molecular formula is C18H17N5O2. The maximum absolute atomic E-state index is 12.4. The fraction of sp³-hybridized carbons (Fsp3) is 0.222. The maximum atomic E-state index is 12.4. The number of hydrogen-bond acceptors (Lipinski definition) is 4. The first-order chi connectivity index (χ1) is 12.2. The summed E-state index contributed by atoms with van der Waals surface area (Å²) in [5.74, 6) is 0.00104. The number of amides is 2. The molecule has 3 heterocycles. The van der Waals surface area contributed by atoms with Crippen LogP contribution < -0.4 is 10.2 Å². The summed E-state index contributed by atoms with van der Waals surface area (Å²) in [5.41, 5.74) is 1.80. The van der Waals surface area contributed by atoms with Gasteiger partial charge in [-0.05, 0) is 23.8 Å². The number of fused-ring (bicyclic) bond motifs is 1. The molecule has 0 bridgehead atoms. The lowest BCUT2D eigenvalue weighted by molar-refractivity contribution is -0.126. The van der Waals surface area contributed by atoms with Crippen LogP contribution in [0, 0.1) is 5.92 Å². The lowest BCUT2D eigenvalue weighted by atomic mass is 10.1. The third kappa shape index (κ3) is 2.96. The van der Waals surface area contributed by atoms with Crippen molar-refractivity contribution in [1.82, 2.24) is 20.5 Å². The van der Waals surface area contributed by atoms with Crippen molar-refractivity contribution >= 4 is 28.5 Å². The van der Waals surface area contributed by atoms with Crippen LogP contribution in [0.5, 0.6) is 0 Å². The Hall–Kier alpha value is -3.22. The minimum absolute atomic E-state index is 0.0845. The number of benzene rings is 1. The van der Waals surface area contributed by atoms with Crippen LogP contribution in [-0.4, -0.2) is 33.5 Å². The van der Waals surface area contributed by atoms with Gasteiger partial charge in [0, 0.05) is 37.3 Å². The maximum Gasteiger partial charge on any atom is 0.229 e. The second kappa shape index (κ2) is 6.35. The Bertz CT molecular complexity index is 921. The van der Waals surface area contributed by atoms with Crippen LogP contribution in [0.2, 0.25) is 0 Å². The molecule has 126 valence electrons. The Labute approximate surface area is 144 Å². The van der Waals surface area contributed by atoms with E-state index in [4.69, 9.17) is 0 Å². The number of H-pyrrole nitrogens is 1. The van der Waals surface area contributed by atoms with Gasteiger partial charge in [0.2, 0.25) is 11.8 Å². The fourth-order valence-corrected chi connectivity index (χ4v) is 3.08. The van der Waals surface area contributed by atoms with E-state index in [1.54, 1.807) is 17.3 Å². The van der Waals surface area contributed by atoms with Crippen molar-refractivity contribution in [3.8, 4) is 0 Å². The third-order valence-corrected chi connectivity index (χ3v) is 4.39. The monoisotopic (exact) mass is 335 g/mol. The highest BCUT2D eigenvalue weighted by molar-refractivity contribution is 6.05. The molecule has 1 fully saturated rings. The van der Waals surface area contributed by atoms with E-state index < -0.39 is 0 Å². The molecule has 1 atom stereocenters. The summed E-state index contributed by atoms with van der Waals surface area (Å²) in [6.07, 6.45) is 3.59. The Kier molecular flexibility index (Phi) is 3.89. The largest absolute Gasteiger partial charge is 0.352 e.